The van der Waals surface area contributed by atoms with Crippen molar-refractivity contribution in [2.75, 3.05) is 7.11 Å². The normalized spacial score (nSPS) is 10.1. The van der Waals surface area contributed by atoms with Gasteiger partial charge in [-0.05, 0) is 30.3 Å². The molecule has 1 heterocycles. The van der Waals surface area contributed by atoms with E-state index in [4.69, 9.17) is 16.3 Å². The summed E-state index contributed by atoms with van der Waals surface area (Å²) in [5, 5.41) is 0.510. The van der Waals surface area contributed by atoms with Gasteiger partial charge in [0, 0.05) is 11.2 Å². The number of rotatable bonds is 3. The van der Waals surface area contributed by atoms with Crippen molar-refractivity contribution in [2.45, 2.75) is 0 Å². The smallest absolute Gasteiger partial charge is 0.212 e. The number of hydrogen-bond donors (Lipinski definition) is 1. The van der Waals surface area contributed by atoms with Crippen LogP contribution in [0.3, 0.4) is 0 Å². The Balaban J connectivity index is 2.47. The zero-order valence-corrected chi connectivity index (χ0v) is 9.41. The lowest BCUT2D eigenvalue weighted by molar-refractivity contribution is 0.103. The number of hydrogen-bond acceptors (Lipinski definition) is 2. The highest BCUT2D eigenvalue weighted by Crippen LogP contribution is 2.24. The average Bonchev–Trinajstić information content (AvgIpc) is 2.81. The first-order chi connectivity index (χ1) is 7.72. The molecule has 16 heavy (non-hydrogen) atoms. The van der Waals surface area contributed by atoms with Crippen molar-refractivity contribution in [1.29, 1.82) is 0 Å². The summed E-state index contributed by atoms with van der Waals surface area (Å²) in [6.45, 7) is 0. The number of ketones is 1. The van der Waals surface area contributed by atoms with Crippen LogP contribution in [-0.2, 0) is 0 Å². The number of ether oxygens (including phenoxy) is 1. The standard InChI is InChI=1S/C12H10ClNO2/c1-16-11-5-4-8(13)7-9(11)12(15)10-3-2-6-14-10/h2-7,14H,1H3. The molecule has 2 aromatic rings. The first-order valence-corrected chi connectivity index (χ1v) is 5.12. The Morgan fingerprint density at radius 1 is 1.38 bits per heavy atom. The summed E-state index contributed by atoms with van der Waals surface area (Å²) in [6, 6.07) is 8.45. The van der Waals surface area contributed by atoms with E-state index in [0.717, 1.165) is 0 Å². The van der Waals surface area contributed by atoms with Gasteiger partial charge in [0.1, 0.15) is 5.75 Å². The molecule has 0 bridgehead atoms. The number of H-pyrrole nitrogens is 1. The zero-order chi connectivity index (χ0) is 11.5. The lowest BCUT2D eigenvalue weighted by atomic mass is 10.1. The molecule has 1 aromatic heterocycles. The van der Waals surface area contributed by atoms with E-state index in [-0.39, 0.29) is 5.78 Å². The van der Waals surface area contributed by atoms with Gasteiger partial charge in [0.2, 0.25) is 5.78 Å². The highest BCUT2D eigenvalue weighted by Gasteiger charge is 2.15. The van der Waals surface area contributed by atoms with Crippen LogP contribution in [0.4, 0.5) is 0 Å². The Kier molecular flexibility index (Phi) is 2.97. The SMILES string of the molecule is COc1ccc(Cl)cc1C(=O)c1ccc[nH]1. The van der Waals surface area contributed by atoms with Crippen molar-refractivity contribution in [1.82, 2.24) is 4.98 Å². The lowest BCUT2D eigenvalue weighted by Crippen LogP contribution is -2.04. The second kappa shape index (κ2) is 4.41. The highest BCUT2D eigenvalue weighted by molar-refractivity contribution is 6.31. The van der Waals surface area contributed by atoms with Crippen LogP contribution in [-0.4, -0.2) is 17.9 Å². The fraction of sp³-hybridized carbons (Fsp3) is 0.0833. The van der Waals surface area contributed by atoms with Crippen LogP contribution in [0, 0.1) is 0 Å². The molecule has 0 saturated carbocycles. The first-order valence-electron chi connectivity index (χ1n) is 4.74. The Morgan fingerprint density at radius 2 is 2.19 bits per heavy atom. The minimum Gasteiger partial charge on any atom is -0.496 e. The summed E-state index contributed by atoms with van der Waals surface area (Å²) in [4.78, 5) is 14.9. The number of aromatic nitrogens is 1. The number of methoxy groups -OCH3 is 1. The molecule has 0 saturated heterocycles. The van der Waals surface area contributed by atoms with Crippen molar-refractivity contribution in [2.24, 2.45) is 0 Å². The number of halogens is 1. The molecule has 0 aliphatic carbocycles. The molecule has 0 unspecified atom stereocenters. The quantitative estimate of drug-likeness (QED) is 0.832. The zero-order valence-electron chi connectivity index (χ0n) is 8.66. The van der Waals surface area contributed by atoms with Crippen LogP contribution < -0.4 is 4.74 Å². The Bertz CT molecular complexity index is 506. The summed E-state index contributed by atoms with van der Waals surface area (Å²) in [5.74, 6) is 0.383. The van der Waals surface area contributed by atoms with Crippen molar-refractivity contribution in [3.8, 4) is 5.75 Å². The second-order valence-corrected chi connectivity index (χ2v) is 3.69. The summed E-state index contributed by atoms with van der Waals surface area (Å²) < 4.78 is 5.13. The van der Waals surface area contributed by atoms with Crippen LogP contribution in [0.25, 0.3) is 0 Å². The highest BCUT2D eigenvalue weighted by atomic mass is 35.5. The number of benzene rings is 1. The van der Waals surface area contributed by atoms with E-state index in [1.165, 1.54) is 7.11 Å². The summed E-state index contributed by atoms with van der Waals surface area (Å²) in [7, 11) is 1.52. The van der Waals surface area contributed by atoms with Gasteiger partial charge >= 0.3 is 0 Å². The van der Waals surface area contributed by atoms with Crippen molar-refractivity contribution >= 4 is 17.4 Å². The molecule has 1 N–H and O–H groups in total. The van der Waals surface area contributed by atoms with E-state index in [1.807, 2.05) is 0 Å². The van der Waals surface area contributed by atoms with Crippen LogP contribution in [0.2, 0.25) is 5.02 Å². The van der Waals surface area contributed by atoms with Gasteiger partial charge in [0.05, 0.1) is 18.4 Å². The van der Waals surface area contributed by atoms with Crippen LogP contribution >= 0.6 is 11.6 Å². The molecule has 0 radical (unpaired) electrons. The predicted octanol–water partition coefficient (Wildman–Crippen LogP) is 2.91. The molecule has 0 atom stereocenters. The van der Waals surface area contributed by atoms with Gasteiger partial charge in [-0.15, -0.1) is 0 Å². The topological polar surface area (TPSA) is 42.1 Å². The fourth-order valence-electron chi connectivity index (χ4n) is 1.47. The monoisotopic (exact) mass is 235 g/mol. The molecule has 4 heteroatoms. The third-order valence-corrected chi connectivity index (χ3v) is 2.48. The number of nitrogens with one attached hydrogen (secondary N) is 1. The van der Waals surface area contributed by atoms with Crippen LogP contribution in [0.15, 0.2) is 36.5 Å². The number of carbonyl (C=O) groups is 1. The minimum absolute atomic E-state index is 0.135. The molecule has 0 aliphatic rings. The molecule has 0 fully saturated rings. The average molecular weight is 236 g/mol. The maximum Gasteiger partial charge on any atom is 0.212 e. The van der Waals surface area contributed by atoms with Crippen molar-refractivity contribution in [3.63, 3.8) is 0 Å². The van der Waals surface area contributed by atoms with Gasteiger partial charge in [-0.2, -0.15) is 0 Å². The molecular weight excluding hydrogens is 226 g/mol. The molecule has 0 spiro atoms. The van der Waals surface area contributed by atoms with E-state index in [9.17, 15) is 4.79 Å². The molecular formula is C12H10ClNO2. The van der Waals surface area contributed by atoms with Crippen molar-refractivity contribution in [3.05, 3.63) is 52.8 Å². The third-order valence-electron chi connectivity index (χ3n) is 2.25. The lowest BCUT2D eigenvalue weighted by Gasteiger charge is -2.06. The second-order valence-electron chi connectivity index (χ2n) is 3.26. The molecule has 1 aromatic carbocycles. The number of carbonyl (C=O) groups excluding carboxylic acids is 1. The molecule has 3 nitrogen and oxygen atoms in total. The van der Waals surface area contributed by atoms with Gasteiger partial charge < -0.3 is 9.72 Å². The largest absolute Gasteiger partial charge is 0.496 e. The predicted molar refractivity (Wildman–Crippen MR) is 62.2 cm³/mol. The van der Waals surface area contributed by atoms with E-state index >= 15 is 0 Å². The molecule has 0 aliphatic heterocycles. The van der Waals surface area contributed by atoms with Crippen LogP contribution in [0.5, 0.6) is 5.75 Å². The molecule has 0 amide bonds. The number of aromatic amines is 1. The van der Waals surface area contributed by atoms with E-state index in [1.54, 1.807) is 36.5 Å². The first kappa shape index (κ1) is 10.8. The maximum atomic E-state index is 12.1. The maximum absolute atomic E-state index is 12.1. The minimum atomic E-state index is -0.135. The fourth-order valence-corrected chi connectivity index (χ4v) is 1.65. The molecule has 82 valence electrons. The van der Waals surface area contributed by atoms with Gasteiger partial charge in [-0.25, -0.2) is 0 Å². The van der Waals surface area contributed by atoms with E-state index in [0.29, 0.717) is 22.0 Å². The van der Waals surface area contributed by atoms with Crippen molar-refractivity contribution < 1.29 is 9.53 Å². The van der Waals surface area contributed by atoms with Gasteiger partial charge in [-0.1, -0.05) is 11.6 Å². The van der Waals surface area contributed by atoms with Crippen LogP contribution in [0.1, 0.15) is 16.1 Å². The molecule has 2 rings (SSSR count). The van der Waals surface area contributed by atoms with Gasteiger partial charge in [-0.3, -0.25) is 4.79 Å². The third kappa shape index (κ3) is 1.95. The van der Waals surface area contributed by atoms with E-state index in [2.05, 4.69) is 4.98 Å². The van der Waals surface area contributed by atoms with Gasteiger partial charge in [0.15, 0.2) is 0 Å². The summed E-state index contributed by atoms with van der Waals surface area (Å²) in [5.41, 5.74) is 0.970. The van der Waals surface area contributed by atoms with E-state index < -0.39 is 0 Å². The Labute approximate surface area is 98.0 Å². The summed E-state index contributed by atoms with van der Waals surface area (Å²) >= 11 is 5.86. The Morgan fingerprint density at radius 3 is 2.81 bits per heavy atom. The summed E-state index contributed by atoms with van der Waals surface area (Å²) in [6.07, 6.45) is 1.70. The van der Waals surface area contributed by atoms with Gasteiger partial charge in [0.25, 0.3) is 0 Å². The Hall–Kier alpha value is -1.74.